The smallest absolute Gasteiger partial charge is 0.356 e. The Bertz CT molecular complexity index is 1020. The molecule has 2 heterocycles. The molecule has 0 aromatic rings. The molecule has 11 heteroatoms. The van der Waals surface area contributed by atoms with Crippen molar-refractivity contribution in [3.05, 3.63) is 20.8 Å². The molecule has 0 unspecified atom stereocenters. The summed E-state index contributed by atoms with van der Waals surface area (Å²) in [5.74, 6) is -1.35. The summed E-state index contributed by atoms with van der Waals surface area (Å²) in [6.45, 7) is 5.50. The summed E-state index contributed by atoms with van der Waals surface area (Å²) in [4.78, 5) is 43.9. The van der Waals surface area contributed by atoms with E-state index in [2.05, 4.69) is 37.0 Å². The normalized spacial score (nSPS) is 37.0. The van der Waals surface area contributed by atoms with Crippen LogP contribution in [0.1, 0.15) is 40.0 Å². The van der Waals surface area contributed by atoms with Gasteiger partial charge in [0.05, 0.1) is 35.0 Å². The minimum atomic E-state index is -1.43. The highest BCUT2D eigenvalue weighted by Gasteiger charge is 2.77. The third-order valence-electron chi connectivity index (χ3n) is 7.51. The van der Waals surface area contributed by atoms with E-state index in [0.717, 1.165) is 0 Å². The molecule has 0 radical (unpaired) electrons. The van der Waals surface area contributed by atoms with Crippen molar-refractivity contribution in [1.29, 1.82) is 0 Å². The maximum atomic E-state index is 13.6. The molecule has 0 amide bonds. The van der Waals surface area contributed by atoms with Crippen LogP contribution in [0.15, 0.2) is 26.0 Å². The summed E-state index contributed by atoms with van der Waals surface area (Å²) in [6, 6.07) is 0. The van der Waals surface area contributed by atoms with Gasteiger partial charge in [-0.1, -0.05) is 19.0 Å². The predicted octanol–water partition coefficient (Wildman–Crippen LogP) is 3.25. The number of halogens is 2. The molecule has 1 saturated heterocycles. The van der Waals surface area contributed by atoms with Crippen molar-refractivity contribution in [2.24, 2.45) is 16.0 Å². The van der Waals surface area contributed by atoms with E-state index in [-0.39, 0.29) is 12.1 Å². The highest BCUT2D eigenvalue weighted by molar-refractivity contribution is 9.12. The summed E-state index contributed by atoms with van der Waals surface area (Å²) >= 11 is 6.90. The molecule has 1 spiro atoms. The number of rotatable bonds is 4. The van der Waals surface area contributed by atoms with E-state index in [1.807, 2.05) is 20.8 Å². The van der Waals surface area contributed by atoms with Crippen LogP contribution in [0.4, 0.5) is 0 Å². The third-order valence-corrected chi connectivity index (χ3v) is 8.88. The summed E-state index contributed by atoms with van der Waals surface area (Å²) in [5.41, 5.74) is -4.27. The van der Waals surface area contributed by atoms with Crippen molar-refractivity contribution < 1.29 is 38.2 Å². The molecular weight excluding hydrogens is 554 g/mol. The Morgan fingerprint density at radius 2 is 1.88 bits per heavy atom. The molecule has 174 valence electrons. The minimum absolute atomic E-state index is 0.00723. The second-order valence-corrected chi connectivity index (χ2v) is 10.8. The predicted molar refractivity (Wildman–Crippen MR) is 118 cm³/mol. The number of hydrogen-bond acceptors (Lipinski definition) is 9. The van der Waals surface area contributed by atoms with Gasteiger partial charge in [0.2, 0.25) is 11.2 Å². The highest BCUT2D eigenvalue weighted by Crippen LogP contribution is 2.66. The Labute approximate surface area is 201 Å². The molecular formula is C21H23Br2NO8. The van der Waals surface area contributed by atoms with Crippen molar-refractivity contribution in [3.63, 3.8) is 0 Å². The van der Waals surface area contributed by atoms with Crippen LogP contribution in [0.25, 0.3) is 0 Å². The van der Waals surface area contributed by atoms with Gasteiger partial charge >= 0.3 is 17.9 Å². The zero-order chi connectivity index (χ0) is 23.7. The summed E-state index contributed by atoms with van der Waals surface area (Å²) in [7, 11) is 2.71. The lowest BCUT2D eigenvalue weighted by molar-refractivity contribution is -0.193. The lowest BCUT2D eigenvalue weighted by atomic mass is 9.66. The number of nitrogens with zero attached hydrogens (tertiary/aromatic N) is 1. The van der Waals surface area contributed by atoms with E-state index in [4.69, 9.17) is 23.8 Å². The Hall–Kier alpha value is -1.88. The van der Waals surface area contributed by atoms with Crippen LogP contribution in [0.5, 0.6) is 0 Å². The third kappa shape index (κ3) is 2.79. The van der Waals surface area contributed by atoms with Gasteiger partial charge in [0.25, 0.3) is 0 Å². The molecule has 0 aromatic heterocycles. The van der Waals surface area contributed by atoms with Crippen LogP contribution in [-0.2, 0) is 38.2 Å². The van der Waals surface area contributed by atoms with Crippen molar-refractivity contribution in [2.75, 3.05) is 14.2 Å². The molecule has 0 N–H and O–H groups in total. The Morgan fingerprint density at radius 3 is 2.41 bits per heavy atom. The van der Waals surface area contributed by atoms with Gasteiger partial charge in [-0.2, -0.15) is 0 Å². The van der Waals surface area contributed by atoms with E-state index in [0.29, 0.717) is 27.6 Å². The SMILES string of the molecule is COC(=O)C1=NO[C@@]2(C=C(Br)C(OC)=C(Br)[C@H]2OC(=O)[C@@]23CC[C@@](C)(C(=O)O2)C3(C)C)C1. The standard InChI is InChI=1S/C21H23Br2NO8/c1-18(2)19(3)6-7-21(18,31-16(19)26)17(27)30-14-12(23)13(28-4)10(22)8-20(14)9-11(24-32-20)15(25)29-5/h8,14H,6-7,9H2,1-5H3/t14-,19+,20+,21-/m1/s1. The molecule has 1 saturated carbocycles. The molecule has 32 heavy (non-hydrogen) atoms. The molecule has 0 aromatic carbocycles. The van der Waals surface area contributed by atoms with Crippen LogP contribution in [0.3, 0.4) is 0 Å². The number of hydrogen-bond donors (Lipinski definition) is 0. The largest absolute Gasteiger partial charge is 0.495 e. The number of methoxy groups -OCH3 is 2. The average Bonchev–Trinajstić information content (AvgIpc) is 3.29. The van der Waals surface area contributed by atoms with Crippen LogP contribution >= 0.6 is 31.9 Å². The van der Waals surface area contributed by atoms with Gasteiger partial charge < -0.3 is 23.8 Å². The van der Waals surface area contributed by atoms with Gasteiger partial charge in [-0.15, -0.1) is 0 Å². The first kappa shape index (κ1) is 23.3. The summed E-state index contributed by atoms with van der Waals surface area (Å²) in [6.07, 6.45) is 1.43. The molecule has 9 nitrogen and oxygen atoms in total. The lowest BCUT2D eigenvalue weighted by Gasteiger charge is -2.39. The van der Waals surface area contributed by atoms with E-state index >= 15 is 0 Å². The topological polar surface area (TPSA) is 110 Å². The first-order valence-corrected chi connectivity index (χ1v) is 11.6. The van der Waals surface area contributed by atoms with E-state index in [1.54, 1.807) is 6.08 Å². The van der Waals surface area contributed by atoms with Gasteiger partial charge in [-0.25, -0.2) is 9.59 Å². The summed E-state index contributed by atoms with van der Waals surface area (Å²) < 4.78 is 22.8. The van der Waals surface area contributed by atoms with E-state index < -0.39 is 46.0 Å². The van der Waals surface area contributed by atoms with Crippen molar-refractivity contribution >= 4 is 55.5 Å². The van der Waals surface area contributed by atoms with Crippen LogP contribution in [0, 0.1) is 10.8 Å². The number of esters is 3. The number of fused-ring (bicyclic) bond motifs is 2. The molecule has 2 fully saturated rings. The Kier molecular flexibility index (Phi) is 5.32. The molecule has 4 aliphatic rings. The maximum absolute atomic E-state index is 13.6. The number of carbonyl (C=O) groups is 3. The van der Waals surface area contributed by atoms with Crippen LogP contribution < -0.4 is 0 Å². The van der Waals surface area contributed by atoms with Crippen LogP contribution in [0.2, 0.25) is 0 Å². The fourth-order valence-corrected chi connectivity index (χ4v) is 6.85. The van der Waals surface area contributed by atoms with Crippen molar-refractivity contribution in [2.45, 2.75) is 57.3 Å². The van der Waals surface area contributed by atoms with Crippen molar-refractivity contribution in [1.82, 2.24) is 0 Å². The highest BCUT2D eigenvalue weighted by atomic mass is 79.9. The second-order valence-electron chi connectivity index (χ2n) is 9.09. The lowest BCUT2D eigenvalue weighted by Crippen LogP contribution is -2.54. The average molecular weight is 577 g/mol. The molecule has 2 aliphatic carbocycles. The monoisotopic (exact) mass is 575 g/mol. The minimum Gasteiger partial charge on any atom is -0.495 e. The number of oxime groups is 1. The number of ether oxygens (including phenoxy) is 4. The van der Waals surface area contributed by atoms with Gasteiger partial charge in [0, 0.05) is 5.41 Å². The first-order valence-electron chi connectivity index (χ1n) is 9.99. The molecule has 4 atom stereocenters. The fourth-order valence-electron chi connectivity index (χ4n) is 4.97. The zero-order valence-corrected chi connectivity index (χ0v) is 21.4. The molecule has 2 aliphatic heterocycles. The van der Waals surface area contributed by atoms with Gasteiger partial charge in [-0.3, -0.25) is 4.79 Å². The van der Waals surface area contributed by atoms with Crippen molar-refractivity contribution in [3.8, 4) is 0 Å². The van der Waals surface area contributed by atoms with Gasteiger partial charge in [0.1, 0.15) is 5.76 Å². The maximum Gasteiger partial charge on any atom is 0.356 e. The zero-order valence-electron chi connectivity index (χ0n) is 18.2. The summed E-state index contributed by atoms with van der Waals surface area (Å²) in [5, 5.41) is 3.87. The Balaban J connectivity index is 1.71. The quantitative estimate of drug-likeness (QED) is 0.370. The van der Waals surface area contributed by atoms with E-state index in [1.165, 1.54) is 14.2 Å². The van der Waals surface area contributed by atoms with E-state index in [9.17, 15) is 14.4 Å². The second kappa shape index (κ2) is 7.31. The van der Waals surface area contributed by atoms with Gasteiger partial charge in [0.15, 0.2) is 11.8 Å². The molecule has 4 rings (SSSR count). The number of allylic oxidation sites excluding steroid dienone is 1. The van der Waals surface area contributed by atoms with Gasteiger partial charge in [-0.05, 0) is 57.7 Å². The first-order chi connectivity index (χ1) is 14.9. The Morgan fingerprint density at radius 1 is 1.19 bits per heavy atom. The number of carbonyl (C=O) groups excluding carboxylic acids is 3. The fraction of sp³-hybridized carbons (Fsp3) is 0.619. The molecule has 2 bridgehead atoms. The van der Waals surface area contributed by atoms with Crippen LogP contribution in [-0.4, -0.2) is 55.1 Å².